The minimum absolute atomic E-state index is 0.249. The van der Waals surface area contributed by atoms with Gasteiger partial charge in [0.2, 0.25) is 0 Å². The quantitative estimate of drug-likeness (QED) is 0.600. The van der Waals surface area contributed by atoms with Crippen LogP contribution in [0.2, 0.25) is 0 Å². The smallest absolute Gasteiger partial charge is 0.326 e. The van der Waals surface area contributed by atoms with Gasteiger partial charge in [-0.2, -0.15) is 0 Å². The molecule has 1 fully saturated rings. The molecule has 1 saturated carbocycles. The Hall–Kier alpha value is -0.570. The fraction of sp³-hybridized carbons (Fsp3) is 0.889. The summed E-state index contributed by atoms with van der Waals surface area (Å²) in [5.74, 6) is -0.00611. The van der Waals surface area contributed by atoms with Crippen molar-refractivity contribution in [2.75, 3.05) is 7.11 Å². The molecule has 0 bridgehead atoms. The summed E-state index contributed by atoms with van der Waals surface area (Å²) in [6.45, 7) is 2.02. The number of esters is 1. The third-order valence-electron chi connectivity index (χ3n) is 2.92. The van der Waals surface area contributed by atoms with Gasteiger partial charge in [-0.3, -0.25) is 4.79 Å². The van der Waals surface area contributed by atoms with E-state index in [0.29, 0.717) is 0 Å². The molecular weight excluding hydrogens is 154 g/mol. The molecule has 0 aromatic rings. The molecule has 0 spiro atoms. The van der Waals surface area contributed by atoms with E-state index in [2.05, 4.69) is 0 Å². The molecule has 2 unspecified atom stereocenters. The standard InChI is InChI=1S/C9H17NO2/c1-7-5-3-4-6-9(7,10)8(11)12-2/h7H,3-6,10H2,1-2H3. The Morgan fingerprint density at radius 3 is 2.75 bits per heavy atom. The lowest BCUT2D eigenvalue weighted by Gasteiger charge is -2.36. The van der Waals surface area contributed by atoms with Gasteiger partial charge in [0.15, 0.2) is 0 Å². The van der Waals surface area contributed by atoms with E-state index in [9.17, 15) is 4.79 Å². The Morgan fingerprint density at radius 2 is 2.25 bits per heavy atom. The fourth-order valence-corrected chi connectivity index (χ4v) is 1.87. The molecule has 0 aliphatic heterocycles. The molecule has 1 aliphatic rings. The van der Waals surface area contributed by atoms with Crippen LogP contribution in [0.3, 0.4) is 0 Å². The van der Waals surface area contributed by atoms with E-state index in [1.54, 1.807) is 0 Å². The van der Waals surface area contributed by atoms with E-state index < -0.39 is 5.54 Å². The number of ether oxygens (including phenoxy) is 1. The molecular formula is C9H17NO2. The number of methoxy groups -OCH3 is 1. The lowest BCUT2D eigenvalue weighted by atomic mass is 9.74. The molecule has 2 atom stereocenters. The summed E-state index contributed by atoms with van der Waals surface area (Å²) in [7, 11) is 1.40. The molecule has 3 nitrogen and oxygen atoms in total. The minimum atomic E-state index is -0.715. The Kier molecular flexibility index (Phi) is 2.73. The summed E-state index contributed by atoms with van der Waals surface area (Å²) in [6, 6.07) is 0. The van der Waals surface area contributed by atoms with Gasteiger partial charge in [-0.15, -0.1) is 0 Å². The van der Waals surface area contributed by atoms with E-state index in [0.717, 1.165) is 19.3 Å². The molecule has 0 saturated heterocycles. The first-order valence-electron chi connectivity index (χ1n) is 4.48. The first kappa shape index (κ1) is 9.52. The van der Waals surface area contributed by atoms with Crippen molar-refractivity contribution >= 4 is 5.97 Å². The van der Waals surface area contributed by atoms with Crippen molar-refractivity contribution in [2.24, 2.45) is 11.7 Å². The van der Waals surface area contributed by atoms with E-state index in [-0.39, 0.29) is 11.9 Å². The molecule has 0 aromatic carbocycles. The van der Waals surface area contributed by atoms with E-state index in [1.807, 2.05) is 6.92 Å². The molecule has 1 rings (SSSR count). The summed E-state index contributed by atoms with van der Waals surface area (Å²) in [5, 5.41) is 0. The average molecular weight is 171 g/mol. The fourth-order valence-electron chi connectivity index (χ4n) is 1.87. The van der Waals surface area contributed by atoms with Crippen LogP contribution < -0.4 is 5.73 Å². The maximum Gasteiger partial charge on any atom is 0.326 e. The van der Waals surface area contributed by atoms with Gasteiger partial charge in [0.25, 0.3) is 0 Å². The monoisotopic (exact) mass is 171 g/mol. The zero-order chi connectivity index (χ0) is 9.19. The van der Waals surface area contributed by atoms with Gasteiger partial charge in [-0.25, -0.2) is 0 Å². The number of hydrogen-bond donors (Lipinski definition) is 1. The molecule has 0 radical (unpaired) electrons. The molecule has 3 heteroatoms. The van der Waals surface area contributed by atoms with E-state index in [4.69, 9.17) is 10.5 Å². The third-order valence-corrected chi connectivity index (χ3v) is 2.92. The van der Waals surface area contributed by atoms with Crippen LogP contribution in [0.4, 0.5) is 0 Å². The molecule has 0 heterocycles. The van der Waals surface area contributed by atoms with Gasteiger partial charge in [0.1, 0.15) is 5.54 Å². The normalized spacial score (nSPS) is 36.1. The van der Waals surface area contributed by atoms with Gasteiger partial charge in [-0.1, -0.05) is 19.8 Å². The Labute approximate surface area is 73.3 Å². The highest BCUT2D eigenvalue weighted by molar-refractivity contribution is 5.80. The van der Waals surface area contributed by atoms with Gasteiger partial charge in [0.05, 0.1) is 7.11 Å². The Morgan fingerprint density at radius 1 is 1.58 bits per heavy atom. The second kappa shape index (κ2) is 3.44. The van der Waals surface area contributed by atoms with Crippen LogP contribution in [-0.2, 0) is 9.53 Å². The summed E-state index contributed by atoms with van der Waals surface area (Å²) >= 11 is 0. The lowest BCUT2D eigenvalue weighted by Crippen LogP contribution is -2.55. The van der Waals surface area contributed by atoms with Crippen LogP contribution >= 0.6 is 0 Å². The maximum absolute atomic E-state index is 11.4. The topological polar surface area (TPSA) is 52.3 Å². The highest BCUT2D eigenvalue weighted by Gasteiger charge is 2.42. The van der Waals surface area contributed by atoms with Crippen LogP contribution in [0.1, 0.15) is 32.6 Å². The number of nitrogens with two attached hydrogens (primary N) is 1. The average Bonchev–Trinajstić information content (AvgIpc) is 2.09. The van der Waals surface area contributed by atoms with Crippen molar-refractivity contribution in [3.05, 3.63) is 0 Å². The van der Waals surface area contributed by atoms with E-state index >= 15 is 0 Å². The first-order chi connectivity index (χ1) is 5.61. The lowest BCUT2D eigenvalue weighted by molar-refractivity contribution is -0.150. The molecule has 0 aromatic heterocycles. The minimum Gasteiger partial charge on any atom is -0.468 e. The Bertz CT molecular complexity index is 181. The highest BCUT2D eigenvalue weighted by Crippen LogP contribution is 2.32. The second-order valence-electron chi connectivity index (χ2n) is 3.68. The van der Waals surface area contributed by atoms with Crippen LogP contribution in [0, 0.1) is 5.92 Å². The van der Waals surface area contributed by atoms with Crippen molar-refractivity contribution in [1.82, 2.24) is 0 Å². The summed E-state index contributed by atoms with van der Waals surface area (Å²) in [6.07, 6.45) is 4.01. The molecule has 1 aliphatic carbocycles. The largest absolute Gasteiger partial charge is 0.468 e. The zero-order valence-corrected chi connectivity index (χ0v) is 7.80. The maximum atomic E-state index is 11.4. The Balaban J connectivity index is 2.72. The number of carbonyl (C=O) groups is 1. The first-order valence-corrected chi connectivity index (χ1v) is 4.48. The van der Waals surface area contributed by atoms with Crippen molar-refractivity contribution < 1.29 is 9.53 Å². The van der Waals surface area contributed by atoms with Crippen molar-refractivity contribution in [1.29, 1.82) is 0 Å². The van der Waals surface area contributed by atoms with Gasteiger partial charge in [-0.05, 0) is 18.8 Å². The third kappa shape index (κ3) is 1.46. The van der Waals surface area contributed by atoms with Crippen molar-refractivity contribution in [3.8, 4) is 0 Å². The highest BCUT2D eigenvalue weighted by atomic mass is 16.5. The van der Waals surface area contributed by atoms with Gasteiger partial charge in [0, 0.05) is 0 Å². The predicted molar refractivity (Wildman–Crippen MR) is 46.6 cm³/mol. The second-order valence-corrected chi connectivity index (χ2v) is 3.68. The molecule has 2 N–H and O–H groups in total. The summed E-state index contributed by atoms with van der Waals surface area (Å²) in [5.41, 5.74) is 5.27. The molecule has 12 heavy (non-hydrogen) atoms. The number of carbonyl (C=O) groups excluding carboxylic acids is 1. The van der Waals surface area contributed by atoms with Crippen LogP contribution in [0.5, 0.6) is 0 Å². The van der Waals surface area contributed by atoms with Crippen LogP contribution in [0.25, 0.3) is 0 Å². The number of hydrogen-bond acceptors (Lipinski definition) is 3. The van der Waals surface area contributed by atoms with Gasteiger partial charge < -0.3 is 10.5 Å². The van der Waals surface area contributed by atoms with Gasteiger partial charge >= 0.3 is 5.97 Å². The summed E-state index contributed by atoms with van der Waals surface area (Å²) < 4.78 is 4.70. The predicted octanol–water partition coefficient (Wildman–Crippen LogP) is 1.07. The van der Waals surface area contributed by atoms with Crippen molar-refractivity contribution in [2.45, 2.75) is 38.1 Å². The molecule has 70 valence electrons. The molecule has 0 amide bonds. The SMILES string of the molecule is COC(=O)C1(N)CCCCC1C. The van der Waals surface area contributed by atoms with Crippen molar-refractivity contribution in [3.63, 3.8) is 0 Å². The summed E-state index contributed by atoms with van der Waals surface area (Å²) in [4.78, 5) is 11.4. The van der Waals surface area contributed by atoms with Crippen LogP contribution in [0.15, 0.2) is 0 Å². The zero-order valence-electron chi connectivity index (χ0n) is 7.80. The van der Waals surface area contributed by atoms with E-state index in [1.165, 1.54) is 13.5 Å². The van der Waals surface area contributed by atoms with Crippen LogP contribution in [-0.4, -0.2) is 18.6 Å². The number of rotatable bonds is 1.